The van der Waals surface area contributed by atoms with Gasteiger partial charge in [0.25, 0.3) is 0 Å². The van der Waals surface area contributed by atoms with Gasteiger partial charge in [0.05, 0.1) is 0 Å². The van der Waals surface area contributed by atoms with Crippen LogP contribution < -0.4 is 4.90 Å². The van der Waals surface area contributed by atoms with Crippen LogP contribution in [0.4, 0.5) is 11.8 Å². The van der Waals surface area contributed by atoms with E-state index in [-0.39, 0.29) is 5.88 Å². The van der Waals surface area contributed by atoms with E-state index in [1.165, 1.54) is 6.42 Å². The summed E-state index contributed by atoms with van der Waals surface area (Å²) in [6, 6.07) is 3.84. The highest BCUT2D eigenvalue weighted by atomic mass is 16.3. The molecule has 1 saturated heterocycles. The summed E-state index contributed by atoms with van der Waals surface area (Å²) in [4.78, 5) is 17.8. The number of nitrogens with zero attached hydrogens (tertiary/aromatic N) is 4. The number of imidazole rings is 1. The summed E-state index contributed by atoms with van der Waals surface area (Å²) in [5, 5.41) is 9.93. The van der Waals surface area contributed by atoms with Gasteiger partial charge in [-0.15, -0.1) is 0 Å². The molecule has 2 aromatic rings. The Labute approximate surface area is 115 Å². The summed E-state index contributed by atoms with van der Waals surface area (Å²) in [6.45, 7) is 1.97. The van der Waals surface area contributed by atoms with Crippen LogP contribution in [0.5, 0.6) is 5.88 Å². The van der Waals surface area contributed by atoms with Crippen molar-refractivity contribution >= 4 is 29.6 Å². The van der Waals surface area contributed by atoms with Crippen LogP contribution >= 0.6 is 0 Å². The number of pyridine rings is 1. The first kappa shape index (κ1) is 11.2. The Kier molecular flexibility index (Phi) is 2.35. The molecule has 0 atom stereocenters. The van der Waals surface area contributed by atoms with E-state index in [9.17, 15) is 5.11 Å². The number of anilines is 1. The highest BCUT2D eigenvalue weighted by molar-refractivity contribution is 6.20. The number of hydrogen-bond acceptors (Lipinski definition) is 5. The van der Waals surface area contributed by atoms with Crippen molar-refractivity contribution < 1.29 is 5.11 Å². The summed E-state index contributed by atoms with van der Waals surface area (Å²) in [7, 11) is 0. The second kappa shape index (κ2) is 4.19. The van der Waals surface area contributed by atoms with Crippen molar-refractivity contribution in [1.82, 2.24) is 15.0 Å². The molecule has 4 heterocycles. The van der Waals surface area contributed by atoms with Crippen LogP contribution in [0.15, 0.2) is 23.3 Å². The summed E-state index contributed by atoms with van der Waals surface area (Å²) < 4.78 is 0. The Hall–Kier alpha value is -2.63. The van der Waals surface area contributed by atoms with Crippen LogP contribution in [-0.2, 0) is 0 Å². The van der Waals surface area contributed by atoms with Crippen LogP contribution in [0.2, 0.25) is 0 Å². The second-order valence-electron chi connectivity index (χ2n) is 4.87. The average molecular weight is 267 g/mol. The molecule has 4 rings (SSSR count). The van der Waals surface area contributed by atoms with Gasteiger partial charge in [0, 0.05) is 36.6 Å². The third-order valence-corrected chi connectivity index (χ3v) is 3.58. The maximum Gasteiger partial charge on any atom is 0.238 e. The average Bonchev–Trinajstić information content (AvgIpc) is 2.94. The molecule has 2 N–H and O–H groups in total. The molecule has 0 spiro atoms. The molecule has 0 unspecified atom stereocenters. The van der Waals surface area contributed by atoms with E-state index in [0.29, 0.717) is 11.5 Å². The fraction of sp³-hybridized carbons (Fsp3) is 0.214. The van der Waals surface area contributed by atoms with Crippen LogP contribution in [-0.4, -0.2) is 39.4 Å². The Morgan fingerprint density at radius 3 is 3.05 bits per heavy atom. The Morgan fingerprint density at radius 1 is 1.35 bits per heavy atom. The lowest BCUT2D eigenvalue weighted by Crippen LogP contribution is -2.37. The molecule has 0 bridgehead atoms. The molecule has 0 aromatic carbocycles. The first-order valence-electron chi connectivity index (χ1n) is 6.56. The van der Waals surface area contributed by atoms with Gasteiger partial charge in [-0.25, -0.2) is 9.98 Å². The van der Waals surface area contributed by atoms with E-state index in [1.807, 2.05) is 18.2 Å². The molecule has 6 nitrogen and oxygen atoms in total. The van der Waals surface area contributed by atoms with E-state index in [2.05, 4.69) is 24.8 Å². The number of aromatic nitrogens is 3. The Bertz CT molecular complexity index is 727. The summed E-state index contributed by atoms with van der Waals surface area (Å²) in [5.74, 6) is 1.45. The van der Waals surface area contributed by atoms with Gasteiger partial charge in [0.1, 0.15) is 5.69 Å². The maximum absolute atomic E-state index is 9.93. The predicted octanol–water partition coefficient (Wildman–Crippen LogP) is 1.98. The SMILES string of the molecule is Oc1nc(N2CCC2)[nH]c1C=C1C=Nc2ncccc21. The van der Waals surface area contributed by atoms with Crippen LogP contribution in [0.1, 0.15) is 17.7 Å². The molecule has 0 amide bonds. The first-order valence-corrected chi connectivity index (χ1v) is 6.56. The molecule has 0 saturated carbocycles. The monoisotopic (exact) mass is 267 g/mol. The fourth-order valence-electron chi connectivity index (χ4n) is 2.34. The zero-order valence-corrected chi connectivity index (χ0v) is 10.7. The number of nitrogens with one attached hydrogen (secondary N) is 1. The molecular formula is C14H13N5O. The highest BCUT2D eigenvalue weighted by Gasteiger charge is 2.20. The summed E-state index contributed by atoms with van der Waals surface area (Å²) >= 11 is 0. The summed E-state index contributed by atoms with van der Waals surface area (Å²) in [6.07, 6.45) is 6.49. The summed E-state index contributed by atoms with van der Waals surface area (Å²) in [5.41, 5.74) is 2.49. The van der Waals surface area contributed by atoms with E-state index >= 15 is 0 Å². The van der Waals surface area contributed by atoms with Gasteiger partial charge in [-0.05, 0) is 24.6 Å². The number of aromatic hydroxyl groups is 1. The quantitative estimate of drug-likeness (QED) is 0.872. The van der Waals surface area contributed by atoms with Gasteiger partial charge in [-0.3, -0.25) is 0 Å². The minimum Gasteiger partial charge on any atom is -0.492 e. The van der Waals surface area contributed by atoms with Gasteiger partial charge in [-0.2, -0.15) is 4.98 Å². The van der Waals surface area contributed by atoms with E-state index in [1.54, 1.807) is 12.4 Å². The molecular weight excluding hydrogens is 254 g/mol. The molecule has 0 aliphatic carbocycles. The lowest BCUT2D eigenvalue weighted by atomic mass is 10.1. The Balaban J connectivity index is 1.71. The number of rotatable bonds is 2. The zero-order valence-electron chi connectivity index (χ0n) is 10.7. The van der Waals surface area contributed by atoms with Crippen molar-refractivity contribution in [2.75, 3.05) is 18.0 Å². The lowest BCUT2D eigenvalue weighted by molar-refractivity contribution is 0.454. The molecule has 0 radical (unpaired) electrons. The molecule has 2 aliphatic rings. The lowest BCUT2D eigenvalue weighted by Gasteiger charge is -2.30. The number of allylic oxidation sites excluding steroid dienone is 1. The third kappa shape index (κ3) is 1.69. The van der Waals surface area contributed by atoms with Crippen molar-refractivity contribution in [3.05, 3.63) is 29.6 Å². The van der Waals surface area contributed by atoms with Crippen molar-refractivity contribution in [2.45, 2.75) is 6.42 Å². The van der Waals surface area contributed by atoms with Crippen LogP contribution in [0.3, 0.4) is 0 Å². The van der Waals surface area contributed by atoms with E-state index in [0.717, 1.165) is 30.2 Å². The highest BCUT2D eigenvalue weighted by Crippen LogP contribution is 2.32. The fourth-order valence-corrected chi connectivity index (χ4v) is 2.34. The normalized spacial score (nSPS) is 18.4. The minimum atomic E-state index is 0.0186. The maximum atomic E-state index is 9.93. The molecule has 2 aliphatic heterocycles. The van der Waals surface area contributed by atoms with Crippen LogP contribution in [0, 0.1) is 0 Å². The van der Waals surface area contributed by atoms with Crippen molar-refractivity contribution in [3.8, 4) is 5.88 Å². The van der Waals surface area contributed by atoms with Gasteiger partial charge in [-0.1, -0.05) is 0 Å². The van der Waals surface area contributed by atoms with Gasteiger partial charge in [0.15, 0.2) is 5.82 Å². The molecule has 100 valence electrons. The smallest absolute Gasteiger partial charge is 0.238 e. The van der Waals surface area contributed by atoms with E-state index in [4.69, 9.17) is 0 Å². The molecule has 20 heavy (non-hydrogen) atoms. The van der Waals surface area contributed by atoms with Crippen LogP contribution in [0.25, 0.3) is 11.6 Å². The topological polar surface area (TPSA) is 77.4 Å². The minimum absolute atomic E-state index is 0.0186. The molecule has 1 fully saturated rings. The van der Waals surface area contributed by atoms with Gasteiger partial charge in [0.2, 0.25) is 11.8 Å². The number of H-pyrrole nitrogens is 1. The number of fused-ring (bicyclic) bond motifs is 1. The first-order chi connectivity index (χ1) is 9.81. The van der Waals surface area contributed by atoms with Crippen molar-refractivity contribution in [2.24, 2.45) is 4.99 Å². The number of hydrogen-bond donors (Lipinski definition) is 2. The third-order valence-electron chi connectivity index (χ3n) is 3.58. The Morgan fingerprint density at radius 2 is 2.25 bits per heavy atom. The van der Waals surface area contributed by atoms with Gasteiger partial charge < -0.3 is 15.0 Å². The second-order valence-corrected chi connectivity index (χ2v) is 4.87. The van der Waals surface area contributed by atoms with Crippen molar-refractivity contribution in [1.29, 1.82) is 0 Å². The molecule has 2 aromatic heterocycles. The zero-order chi connectivity index (χ0) is 13.5. The van der Waals surface area contributed by atoms with E-state index < -0.39 is 0 Å². The van der Waals surface area contributed by atoms with Gasteiger partial charge >= 0.3 is 0 Å². The number of aromatic amines is 1. The molecule has 6 heteroatoms. The predicted molar refractivity (Wildman–Crippen MR) is 77.3 cm³/mol. The largest absolute Gasteiger partial charge is 0.492 e. The number of aliphatic imine (C=N–C) groups is 1. The standard InChI is InChI=1S/C14H13N5O/c20-13-11(17-14(18-13)19-5-2-6-19)7-9-8-16-12-10(9)3-1-4-15-12/h1,3-4,7-8,20H,2,5-6H2,(H,17,18). The van der Waals surface area contributed by atoms with Crippen molar-refractivity contribution in [3.63, 3.8) is 0 Å².